The number of ether oxygens (including phenoxy) is 1. The molecule has 36 heavy (non-hydrogen) atoms. The Kier molecular flexibility index (Phi) is 5.69. The lowest BCUT2D eigenvalue weighted by atomic mass is 10.1. The highest BCUT2D eigenvalue weighted by atomic mass is 16.5. The molecule has 0 aliphatic rings. The number of carbonyl (C=O) groups is 2. The first kappa shape index (κ1) is 22.8. The molecule has 5 aromatic rings. The summed E-state index contributed by atoms with van der Waals surface area (Å²) in [6, 6.07) is 13.3. The highest BCUT2D eigenvalue weighted by molar-refractivity contribution is 6.13. The monoisotopic (exact) mass is 483 g/mol. The first-order valence-electron chi connectivity index (χ1n) is 11.0. The van der Waals surface area contributed by atoms with Crippen LogP contribution in [0.2, 0.25) is 0 Å². The number of aromatic nitrogens is 3. The number of nitrogens with one attached hydrogen (secondary N) is 1. The fraction of sp³-hybridized carbons (Fsp3) is 0.115. The number of fused-ring (bicyclic) bond motifs is 1. The lowest BCUT2D eigenvalue weighted by molar-refractivity contribution is 0.0997. The average Bonchev–Trinajstić information content (AvgIpc) is 3.40. The van der Waals surface area contributed by atoms with Crippen LogP contribution in [-0.2, 0) is 0 Å². The minimum atomic E-state index is -0.555. The van der Waals surface area contributed by atoms with Crippen LogP contribution >= 0.6 is 0 Å². The second-order valence-corrected chi connectivity index (χ2v) is 8.16. The smallest absolute Gasteiger partial charge is 0.259 e. The number of pyridine rings is 2. The number of primary amides is 1. The summed E-state index contributed by atoms with van der Waals surface area (Å²) in [5.74, 6) is 1.18. The zero-order chi connectivity index (χ0) is 25.4. The minimum Gasteiger partial charge on any atom is -0.466 e. The molecule has 180 valence electrons. The molecule has 3 N–H and O–H groups in total. The van der Waals surface area contributed by atoms with Crippen molar-refractivity contribution in [1.82, 2.24) is 15.1 Å². The van der Waals surface area contributed by atoms with E-state index in [1.807, 2.05) is 19.9 Å². The van der Waals surface area contributed by atoms with Crippen molar-refractivity contribution in [1.29, 1.82) is 0 Å². The molecule has 10 heteroatoms. The van der Waals surface area contributed by atoms with Gasteiger partial charge in [-0.1, -0.05) is 11.2 Å². The molecule has 2 amide bonds. The molecule has 4 heterocycles. The molecule has 0 unspecified atom stereocenters. The van der Waals surface area contributed by atoms with Gasteiger partial charge in [-0.25, -0.2) is 9.97 Å². The van der Waals surface area contributed by atoms with E-state index < -0.39 is 5.91 Å². The van der Waals surface area contributed by atoms with Gasteiger partial charge in [0.2, 0.25) is 11.8 Å². The van der Waals surface area contributed by atoms with E-state index in [1.54, 1.807) is 43.3 Å². The summed E-state index contributed by atoms with van der Waals surface area (Å²) in [7, 11) is 0. The van der Waals surface area contributed by atoms with Crippen LogP contribution in [0, 0.1) is 20.8 Å². The summed E-state index contributed by atoms with van der Waals surface area (Å²) in [4.78, 5) is 33.4. The van der Waals surface area contributed by atoms with Gasteiger partial charge in [0.05, 0.1) is 34.2 Å². The molecule has 0 spiro atoms. The summed E-state index contributed by atoms with van der Waals surface area (Å²) in [6.07, 6.45) is 1.47. The Morgan fingerprint density at radius 1 is 1.06 bits per heavy atom. The van der Waals surface area contributed by atoms with Crippen LogP contribution in [0.15, 0.2) is 63.7 Å². The fourth-order valence-corrected chi connectivity index (χ4v) is 3.84. The Morgan fingerprint density at radius 2 is 1.89 bits per heavy atom. The van der Waals surface area contributed by atoms with Crippen molar-refractivity contribution in [2.24, 2.45) is 5.73 Å². The first-order valence-corrected chi connectivity index (χ1v) is 11.0. The van der Waals surface area contributed by atoms with Crippen molar-refractivity contribution in [3.8, 4) is 22.9 Å². The standard InChI is InChI=1S/C26H21N5O5/c1-13-9-19(15(3)34-13)21-11-20(23-14(2)31-36-26(23)30-21)25(33)29-17-7-8-22(28-12-17)35-18-6-4-5-16(10-18)24(27)32/h4-12H,1-3H3,(H2,27,32)(H,29,33). The zero-order valence-corrected chi connectivity index (χ0v) is 19.7. The quantitative estimate of drug-likeness (QED) is 0.345. The van der Waals surface area contributed by atoms with E-state index >= 15 is 0 Å². The lowest BCUT2D eigenvalue weighted by Gasteiger charge is -2.09. The molecule has 0 saturated heterocycles. The SMILES string of the molecule is Cc1cc(-c2cc(C(=O)Nc3ccc(Oc4cccc(C(N)=O)c4)nc3)c3c(C)noc3n2)c(C)o1. The predicted molar refractivity (Wildman–Crippen MR) is 131 cm³/mol. The summed E-state index contributed by atoms with van der Waals surface area (Å²) in [5, 5.41) is 7.34. The van der Waals surface area contributed by atoms with Gasteiger partial charge in [0.25, 0.3) is 11.6 Å². The summed E-state index contributed by atoms with van der Waals surface area (Å²) in [6.45, 7) is 5.42. The van der Waals surface area contributed by atoms with Crippen LogP contribution < -0.4 is 15.8 Å². The number of benzene rings is 1. The second kappa shape index (κ2) is 8.99. The van der Waals surface area contributed by atoms with Crippen molar-refractivity contribution in [2.45, 2.75) is 20.8 Å². The Bertz CT molecular complexity index is 1620. The number of nitrogens with two attached hydrogens (primary N) is 1. The topological polar surface area (TPSA) is 146 Å². The molecule has 0 saturated carbocycles. The maximum absolute atomic E-state index is 13.3. The number of hydrogen-bond acceptors (Lipinski definition) is 8. The largest absolute Gasteiger partial charge is 0.466 e. The van der Waals surface area contributed by atoms with Gasteiger partial charge in [-0.05, 0) is 57.2 Å². The number of aryl methyl sites for hydroxylation is 3. The number of amides is 2. The third-order valence-electron chi connectivity index (χ3n) is 5.51. The third kappa shape index (κ3) is 4.39. The van der Waals surface area contributed by atoms with Gasteiger partial charge in [-0.2, -0.15) is 0 Å². The van der Waals surface area contributed by atoms with E-state index in [1.165, 1.54) is 12.3 Å². The summed E-state index contributed by atoms with van der Waals surface area (Å²) in [5.41, 5.74) is 8.56. The summed E-state index contributed by atoms with van der Waals surface area (Å²) < 4.78 is 16.7. The number of rotatable bonds is 6. The minimum absolute atomic E-state index is 0.258. The van der Waals surface area contributed by atoms with E-state index in [0.29, 0.717) is 45.1 Å². The molecule has 0 aliphatic heterocycles. The van der Waals surface area contributed by atoms with E-state index in [2.05, 4.69) is 20.4 Å². The van der Waals surface area contributed by atoms with Crippen LogP contribution in [0.3, 0.4) is 0 Å². The van der Waals surface area contributed by atoms with Gasteiger partial charge in [0, 0.05) is 17.2 Å². The zero-order valence-electron chi connectivity index (χ0n) is 19.7. The molecular formula is C26H21N5O5. The van der Waals surface area contributed by atoms with Crippen LogP contribution in [0.4, 0.5) is 5.69 Å². The molecule has 1 aromatic carbocycles. The van der Waals surface area contributed by atoms with Crippen LogP contribution in [0.1, 0.15) is 37.9 Å². The molecule has 0 radical (unpaired) electrons. The van der Waals surface area contributed by atoms with Crippen molar-refractivity contribution in [2.75, 3.05) is 5.32 Å². The molecular weight excluding hydrogens is 462 g/mol. The van der Waals surface area contributed by atoms with Gasteiger partial charge >= 0.3 is 0 Å². The molecule has 4 aromatic heterocycles. The Hall–Kier alpha value is -4.99. The predicted octanol–water partition coefficient (Wildman–Crippen LogP) is 4.95. The molecule has 10 nitrogen and oxygen atoms in total. The summed E-state index contributed by atoms with van der Waals surface area (Å²) >= 11 is 0. The van der Waals surface area contributed by atoms with Crippen molar-refractivity contribution >= 4 is 28.6 Å². The van der Waals surface area contributed by atoms with Gasteiger partial charge in [-0.3, -0.25) is 9.59 Å². The molecule has 0 aliphatic carbocycles. The van der Waals surface area contributed by atoms with E-state index in [4.69, 9.17) is 19.4 Å². The number of carbonyl (C=O) groups excluding carboxylic acids is 2. The average molecular weight is 483 g/mol. The first-order chi connectivity index (χ1) is 17.3. The number of hydrogen-bond donors (Lipinski definition) is 2. The van der Waals surface area contributed by atoms with Crippen LogP contribution in [-0.4, -0.2) is 26.9 Å². The third-order valence-corrected chi connectivity index (χ3v) is 5.51. The van der Waals surface area contributed by atoms with Gasteiger partial charge in [0.1, 0.15) is 17.3 Å². The number of furan rings is 1. The van der Waals surface area contributed by atoms with E-state index in [0.717, 1.165) is 11.3 Å². The lowest BCUT2D eigenvalue weighted by Crippen LogP contribution is -2.13. The Labute approximate surface area is 205 Å². The van der Waals surface area contributed by atoms with E-state index in [-0.39, 0.29) is 17.5 Å². The van der Waals surface area contributed by atoms with Crippen LogP contribution in [0.25, 0.3) is 22.4 Å². The Balaban J connectivity index is 1.40. The fourth-order valence-electron chi connectivity index (χ4n) is 3.84. The van der Waals surface area contributed by atoms with Crippen LogP contribution in [0.5, 0.6) is 11.6 Å². The molecule has 0 atom stereocenters. The highest BCUT2D eigenvalue weighted by Gasteiger charge is 2.21. The highest BCUT2D eigenvalue weighted by Crippen LogP contribution is 2.31. The number of nitrogens with zero attached hydrogens (tertiary/aromatic N) is 3. The van der Waals surface area contributed by atoms with Gasteiger partial charge in [0.15, 0.2) is 0 Å². The van der Waals surface area contributed by atoms with Gasteiger partial charge in [-0.15, -0.1) is 0 Å². The normalized spacial score (nSPS) is 11.0. The number of anilines is 1. The van der Waals surface area contributed by atoms with Crippen molar-refractivity contribution < 1.29 is 23.3 Å². The Morgan fingerprint density at radius 3 is 2.58 bits per heavy atom. The maximum atomic E-state index is 13.3. The second-order valence-electron chi connectivity index (χ2n) is 8.16. The molecule has 0 bridgehead atoms. The van der Waals surface area contributed by atoms with Crippen molar-refractivity contribution in [3.05, 3.63) is 83.1 Å². The van der Waals surface area contributed by atoms with E-state index in [9.17, 15) is 9.59 Å². The molecule has 0 fully saturated rings. The van der Waals surface area contributed by atoms with Crippen molar-refractivity contribution in [3.63, 3.8) is 0 Å². The molecule has 5 rings (SSSR count). The maximum Gasteiger partial charge on any atom is 0.259 e. The van der Waals surface area contributed by atoms with Gasteiger partial charge < -0.3 is 24.7 Å².